The quantitative estimate of drug-likeness (QED) is 0.817. The second-order valence-corrected chi connectivity index (χ2v) is 5.08. The van der Waals surface area contributed by atoms with Gasteiger partial charge in [0.15, 0.2) is 0 Å². The van der Waals surface area contributed by atoms with Gasteiger partial charge in [0.25, 0.3) is 0 Å². The molecule has 0 saturated carbocycles. The van der Waals surface area contributed by atoms with Crippen molar-refractivity contribution in [3.63, 3.8) is 0 Å². The standard InChI is InChI=1S/C11H16BrN3S/c1-15(2)6-5-14-8-3-4-9(11(13)16)10(12)7-8/h3-4,7,14H,5-6H2,1-2H3,(H2,13,16). The number of hydrogen-bond acceptors (Lipinski definition) is 3. The van der Waals surface area contributed by atoms with Crippen LogP contribution in [-0.2, 0) is 0 Å². The summed E-state index contributed by atoms with van der Waals surface area (Å²) in [4.78, 5) is 2.54. The summed E-state index contributed by atoms with van der Waals surface area (Å²) in [5.41, 5.74) is 7.51. The van der Waals surface area contributed by atoms with Crippen molar-refractivity contribution in [2.24, 2.45) is 5.73 Å². The van der Waals surface area contributed by atoms with Crippen LogP contribution in [0, 0.1) is 0 Å². The fourth-order valence-electron chi connectivity index (χ4n) is 1.25. The zero-order valence-corrected chi connectivity index (χ0v) is 11.9. The molecular formula is C11H16BrN3S. The van der Waals surface area contributed by atoms with Gasteiger partial charge in [0.05, 0.1) is 0 Å². The summed E-state index contributed by atoms with van der Waals surface area (Å²) >= 11 is 8.39. The van der Waals surface area contributed by atoms with Crippen molar-refractivity contribution in [1.82, 2.24) is 4.90 Å². The summed E-state index contributed by atoms with van der Waals surface area (Å²) in [7, 11) is 4.10. The number of thiocarbonyl (C=S) groups is 1. The van der Waals surface area contributed by atoms with E-state index in [1.54, 1.807) is 0 Å². The molecule has 0 aliphatic heterocycles. The molecule has 0 amide bonds. The second-order valence-electron chi connectivity index (χ2n) is 3.79. The third kappa shape index (κ3) is 4.08. The Kier molecular flexibility index (Phi) is 5.18. The number of halogens is 1. The van der Waals surface area contributed by atoms with Crippen molar-refractivity contribution in [3.8, 4) is 0 Å². The third-order valence-electron chi connectivity index (χ3n) is 2.12. The molecular weight excluding hydrogens is 286 g/mol. The maximum absolute atomic E-state index is 5.58. The lowest BCUT2D eigenvalue weighted by Gasteiger charge is -2.12. The Labute approximate surface area is 110 Å². The first-order valence-electron chi connectivity index (χ1n) is 4.98. The number of hydrogen-bond donors (Lipinski definition) is 2. The molecule has 1 rings (SSSR count). The maximum atomic E-state index is 5.58. The topological polar surface area (TPSA) is 41.3 Å². The van der Waals surface area contributed by atoms with Crippen molar-refractivity contribution in [2.75, 3.05) is 32.5 Å². The van der Waals surface area contributed by atoms with Crippen molar-refractivity contribution in [1.29, 1.82) is 0 Å². The molecule has 0 atom stereocenters. The first-order valence-corrected chi connectivity index (χ1v) is 6.19. The van der Waals surface area contributed by atoms with Gasteiger partial charge in [0, 0.05) is 28.8 Å². The molecule has 88 valence electrons. The lowest BCUT2D eigenvalue weighted by Crippen LogP contribution is -2.20. The minimum Gasteiger partial charge on any atom is -0.389 e. The Hall–Kier alpha value is -0.650. The smallest absolute Gasteiger partial charge is 0.105 e. The van der Waals surface area contributed by atoms with Crippen LogP contribution in [0.1, 0.15) is 5.56 Å². The highest BCUT2D eigenvalue weighted by molar-refractivity contribution is 9.10. The Morgan fingerprint density at radius 1 is 1.50 bits per heavy atom. The number of nitrogens with one attached hydrogen (secondary N) is 1. The predicted molar refractivity (Wildman–Crippen MR) is 77.1 cm³/mol. The molecule has 16 heavy (non-hydrogen) atoms. The molecule has 3 N–H and O–H groups in total. The number of rotatable bonds is 5. The van der Waals surface area contributed by atoms with E-state index in [0.29, 0.717) is 4.99 Å². The summed E-state index contributed by atoms with van der Waals surface area (Å²) < 4.78 is 0.926. The van der Waals surface area contributed by atoms with Crippen molar-refractivity contribution < 1.29 is 0 Å². The molecule has 1 aromatic carbocycles. The second kappa shape index (κ2) is 6.18. The number of benzene rings is 1. The fraction of sp³-hybridized carbons (Fsp3) is 0.364. The van der Waals surface area contributed by atoms with E-state index in [-0.39, 0.29) is 0 Å². The Morgan fingerprint density at radius 2 is 2.19 bits per heavy atom. The van der Waals surface area contributed by atoms with Gasteiger partial charge in [-0.1, -0.05) is 12.2 Å². The molecule has 0 spiro atoms. The summed E-state index contributed by atoms with van der Waals surface area (Å²) in [6.07, 6.45) is 0. The van der Waals surface area contributed by atoms with Crippen LogP contribution in [0.25, 0.3) is 0 Å². The summed E-state index contributed by atoms with van der Waals surface area (Å²) in [5, 5.41) is 3.33. The normalized spacial score (nSPS) is 10.5. The van der Waals surface area contributed by atoms with Gasteiger partial charge in [0.1, 0.15) is 4.99 Å². The van der Waals surface area contributed by atoms with Crippen LogP contribution in [0.4, 0.5) is 5.69 Å². The van der Waals surface area contributed by atoms with E-state index in [9.17, 15) is 0 Å². The largest absolute Gasteiger partial charge is 0.389 e. The highest BCUT2D eigenvalue weighted by Crippen LogP contribution is 2.21. The Morgan fingerprint density at radius 3 is 2.69 bits per heavy atom. The SMILES string of the molecule is CN(C)CCNc1ccc(C(N)=S)c(Br)c1. The predicted octanol–water partition coefficient (Wildman–Crippen LogP) is 2.06. The van der Waals surface area contributed by atoms with Crippen LogP contribution < -0.4 is 11.1 Å². The molecule has 0 unspecified atom stereocenters. The van der Waals surface area contributed by atoms with Crippen molar-refractivity contribution in [3.05, 3.63) is 28.2 Å². The number of nitrogens with two attached hydrogens (primary N) is 1. The molecule has 0 radical (unpaired) electrons. The van der Waals surface area contributed by atoms with Gasteiger partial charge in [-0.15, -0.1) is 0 Å². The zero-order valence-electron chi connectivity index (χ0n) is 9.46. The lowest BCUT2D eigenvalue weighted by molar-refractivity contribution is 0.425. The highest BCUT2D eigenvalue weighted by atomic mass is 79.9. The monoisotopic (exact) mass is 301 g/mol. The van der Waals surface area contributed by atoms with Gasteiger partial charge in [-0.2, -0.15) is 0 Å². The van der Waals surface area contributed by atoms with Crippen molar-refractivity contribution >= 4 is 38.8 Å². The molecule has 3 nitrogen and oxygen atoms in total. The van der Waals surface area contributed by atoms with E-state index in [4.69, 9.17) is 18.0 Å². The van der Waals surface area contributed by atoms with Gasteiger partial charge in [-0.25, -0.2) is 0 Å². The van der Waals surface area contributed by atoms with Crippen LogP contribution in [0.5, 0.6) is 0 Å². The molecule has 0 aliphatic carbocycles. The van der Waals surface area contributed by atoms with Gasteiger partial charge in [-0.3, -0.25) is 0 Å². The number of anilines is 1. The minimum atomic E-state index is 0.409. The molecule has 5 heteroatoms. The average molecular weight is 302 g/mol. The van der Waals surface area contributed by atoms with Gasteiger partial charge < -0.3 is 16.0 Å². The Balaban J connectivity index is 2.63. The van der Waals surface area contributed by atoms with Crippen LogP contribution in [0.2, 0.25) is 0 Å². The van der Waals surface area contributed by atoms with E-state index in [1.165, 1.54) is 0 Å². The van der Waals surface area contributed by atoms with Crippen LogP contribution >= 0.6 is 28.1 Å². The van der Waals surface area contributed by atoms with E-state index in [2.05, 4.69) is 26.1 Å². The molecule has 0 saturated heterocycles. The van der Waals surface area contributed by atoms with Crippen LogP contribution in [-0.4, -0.2) is 37.1 Å². The maximum Gasteiger partial charge on any atom is 0.105 e. The molecule has 0 bridgehead atoms. The highest BCUT2D eigenvalue weighted by Gasteiger charge is 2.03. The molecule has 0 fully saturated rings. The average Bonchev–Trinajstić information content (AvgIpc) is 2.16. The first-order chi connectivity index (χ1) is 7.50. The zero-order chi connectivity index (χ0) is 12.1. The van der Waals surface area contributed by atoms with Gasteiger partial charge >= 0.3 is 0 Å². The van der Waals surface area contributed by atoms with E-state index in [1.807, 2.05) is 32.3 Å². The van der Waals surface area contributed by atoms with Gasteiger partial charge in [-0.05, 0) is 48.2 Å². The third-order valence-corrected chi connectivity index (χ3v) is 3.00. The fourth-order valence-corrected chi connectivity index (χ4v) is 2.15. The first kappa shape index (κ1) is 13.4. The van der Waals surface area contributed by atoms with Crippen LogP contribution in [0.3, 0.4) is 0 Å². The summed E-state index contributed by atoms with van der Waals surface area (Å²) in [6.45, 7) is 1.90. The molecule has 0 aromatic heterocycles. The Bertz CT molecular complexity index is 379. The molecule has 0 heterocycles. The van der Waals surface area contributed by atoms with E-state index >= 15 is 0 Å². The molecule has 0 aliphatic rings. The summed E-state index contributed by atoms with van der Waals surface area (Å²) in [6, 6.07) is 5.89. The van der Waals surface area contributed by atoms with Gasteiger partial charge in [0.2, 0.25) is 0 Å². The number of nitrogens with zero attached hydrogens (tertiary/aromatic N) is 1. The molecule has 1 aromatic rings. The minimum absolute atomic E-state index is 0.409. The van der Waals surface area contributed by atoms with Crippen molar-refractivity contribution in [2.45, 2.75) is 0 Å². The van der Waals surface area contributed by atoms with E-state index < -0.39 is 0 Å². The van der Waals surface area contributed by atoms with Crippen LogP contribution in [0.15, 0.2) is 22.7 Å². The lowest BCUT2D eigenvalue weighted by atomic mass is 10.2. The number of likely N-dealkylation sites (N-methyl/N-ethyl adjacent to an activating group) is 1. The summed E-state index contributed by atoms with van der Waals surface area (Å²) in [5.74, 6) is 0. The van der Waals surface area contributed by atoms with E-state index in [0.717, 1.165) is 28.8 Å².